The third-order valence-corrected chi connectivity index (χ3v) is 6.02. The molecule has 1 atom stereocenters. The lowest BCUT2D eigenvalue weighted by Crippen LogP contribution is -2.41. The predicted molar refractivity (Wildman–Crippen MR) is 129 cm³/mol. The number of carbonyl (C=O) groups excluding carboxylic acids is 1. The number of benzene rings is 1. The number of hydrogen-bond donors (Lipinski definition) is 3. The van der Waals surface area contributed by atoms with Crippen molar-refractivity contribution in [3.63, 3.8) is 0 Å². The zero-order valence-electron chi connectivity index (χ0n) is 16.6. The zero-order valence-corrected chi connectivity index (χ0v) is 19.8. The molecule has 152 valence electrons. The smallest absolute Gasteiger partial charge is 0.225 e. The molecule has 0 saturated heterocycles. The van der Waals surface area contributed by atoms with Crippen molar-refractivity contribution >= 4 is 52.9 Å². The molecule has 0 spiro atoms. The molecule has 5 nitrogen and oxygen atoms in total. The van der Waals surface area contributed by atoms with Crippen LogP contribution in [0.2, 0.25) is 0 Å². The lowest BCUT2D eigenvalue weighted by atomic mass is 9.90. The van der Waals surface area contributed by atoms with E-state index in [4.69, 9.17) is 4.99 Å². The molecule has 28 heavy (non-hydrogen) atoms. The predicted octanol–water partition coefficient (Wildman–Crippen LogP) is 4.32. The third kappa shape index (κ3) is 5.70. The number of fused-ring (bicyclic) bond motifs is 1. The van der Waals surface area contributed by atoms with E-state index < -0.39 is 0 Å². The number of thiophene rings is 1. The summed E-state index contributed by atoms with van der Waals surface area (Å²) in [5.74, 6) is 1.01. The Balaban J connectivity index is 0.00000280. The fourth-order valence-electron chi connectivity index (χ4n) is 3.26. The van der Waals surface area contributed by atoms with Crippen LogP contribution in [0.3, 0.4) is 0 Å². The minimum Gasteiger partial charge on any atom is -0.357 e. The third-order valence-electron chi connectivity index (χ3n) is 4.79. The van der Waals surface area contributed by atoms with E-state index >= 15 is 0 Å². The molecule has 1 unspecified atom stereocenters. The van der Waals surface area contributed by atoms with Gasteiger partial charge in [0, 0.05) is 41.4 Å². The van der Waals surface area contributed by atoms with Crippen LogP contribution in [0, 0.1) is 0 Å². The van der Waals surface area contributed by atoms with Gasteiger partial charge in [0.1, 0.15) is 0 Å². The Morgan fingerprint density at radius 3 is 2.75 bits per heavy atom. The summed E-state index contributed by atoms with van der Waals surface area (Å²) in [4.78, 5) is 18.1. The van der Waals surface area contributed by atoms with Gasteiger partial charge in [-0.15, -0.1) is 35.3 Å². The Kier molecular flexibility index (Phi) is 8.30. The summed E-state index contributed by atoms with van der Waals surface area (Å²) in [5.41, 5.74) is 2.09. The molecule has 0 radical (unpaired) electrons. The summed E-state index contributed by atoms with van der Waals surface area (Å²) in [6.07, 6.45) is 0.490. The molecule has 1 aromatic carbocycles. The molecule has 3 rings (SSSR count). The van der Waals surface area contributed by atoms with Crippen LogP contribution in [-0.4, -0.2) is 31.5 Å². The molecule has 1 aliphatic heterocycles. The summed E-state index contributed by atoms with van der Waals surface area (Å²) in [6, 6.07) is 12.3. The van der Waals surface area contributed by atoms with E-state index in [9.17, 15) is 4.79 Å². The summed E-state index contributed by atoms with van der Waals surface area (Å²) in [5, 5.41) is 11.8. The number of hydrogen-bond acceptors (Lipinski definition) is 3. The normalized spacial score (nSPS) is 16.6. The van der Waals surface area contributed by atoms with Crippen molar-refractivity contribution in [1.82, 2.24) is 10.6 Å². The summed E-state index contributed by atoms with van der Waals surface area (Å²) < 4.78 is 0. The number of para-hydroxylation sites is 1. The molecule has 0 bridgehead atoms. The van der Waals surface area contributed by atoms with E-state index in [1.165, 1.54) is 10.4 Å². The summed E-state index contributed by atoms with van der Waals surface area (Å²) >= 11 is 1.77. The van der Waals surface area contributed by atoms with Crippen LogP contribution in [0.15, 0.2) is 46.8 Å². The number of nitrogens with one attached hydrogen (secondary N) is 3. The molecule has 0 saturated carbocycles. The highest BCUT2D eigenvalue weighted by molar-refractivity contribution is 14.0. The number of carbonyl (C=O) groups is 1. The fraction of sp³-hybridized carbons (Fsp3) is 0.429. The molecule has 0 fully saturated rings. The number of anilines is 1. The van der Waals surface area contributed by atoms with Crippen LogP contribution in [0.5, 0.6) is 0 Å². The van der Waals surface area contributed by atoms with Gasteiger partial charge in [0.25, 0.3) is 0 Å². The van der Waals surface area contributed by atoms with Crippen LogP contribution < -0.4 is 16.0 Å². The first kappa shape index (κ1) is 22.7. The average Bonchev–Trinajstić information content (AvgIpc) is 3.19. The van der Waals surface area contributed by atoms with Crippen molar-refractivity contribution in [3.8, 4) is 0 Å². The topological polar surface area (TPSA) is 65.5 Å². The highest BCUT2D eigenvalue weighted by atomic mass is 127. The Labute approximate surface area is 188 Å². The fourth-order valence-corrected chi connectivity index (χ4v) is 4.11. The Hall–Kier alpha value is -1.61. The minimum atomic E-state index is -0.00611. The first-order chi connectivity index (χ1) is 13.0. The second kappa shape index (κ2) is 10.2. The maximum Gasteiger partial charge on any atom is 0.225 e. The summed E-state index contributed by atoms with van der Waals surface area (Å²) in [6.45, 7) is 8.67. The van der Waals surface area contributed by atoms with Crippen LogP contribution >= 0.6 is 35.3 Å². The second-order valence-corrected chi connectivity index (χ2v) is 8.42. The van der Waals surface area contributed by atoms with Crippen molar-refractivity contribution in [2.75, 3.05) is 25.0 Å². The van der Waals surface area contributed by atoms with Gasteiger partial charge in [0.15, 0.2) is 5.96 Å². The van der Waals surface area contributed by atoms with Gasteiger partial charge in [-0.2, -0.15) is 0 Å². The number of guanidine groups is 1. The molecular weight excluding hydrogens is 483 g/mol. The van der Waals surface area contributed by atoms with Crippen LogP contribution in [0.4, 0.5) is 5.69 Å². The SMILES string of the molecule is CCNC(=NCC(C)(C)c1cccs1)NCC1CC(=O)Nc2ccccc21.I. The molecule has 1 amide bonds. The van der Waals surface area contributed by atoms with Crippen molar-refractivity contribution in [2.24, 2.45) is 4.99 Å². The lowest BCUT2D eigenvalue weighted by Gasteiger charge is -2.27. The highest BCUT2D eigenvalue weighted by Crippen LogP contribution is 2.31. The van der Waals surface area contributed by atoms with Crippen LogP contribution in [-0.2, 0) is 10.2 Å². The maximum absolute atomic E-state index is 12.0. The largest absolute Gasteiger partial charge is 0.357 e. The van der Waals surface area contributed by atoms with Gasteiger partial charge in [-0.25, -0.2) is 0 Å². The maximum atomic E-state index is 12.0. The first-order valence-electron chi connectivity index (χ1n) is 9.44. The Morgan fingerprint density at radius 1 is 1.25 bits per heavy atom. The van der Waals surface area contributed by atoms with E-state index in [0.29, 0.717) is 19.5 Å². The van der Waals surface area contributed by atoms with Crippen LogP contribution in [0.1, 0.15) is 43.6 Å². The number of aliphatic imine (C=N–C) groups is 1. The minimum absolute atomic E-state index is 0. The molecule has 1 aliphatic rings. The Bertz CT molecular complexity index is 804. The van der Waals surface area contributed by atoms with Gasteiger partial charge in [0.2, 0.25) is 5.91 Å². The molecular formula is C21H29IN4OS. The number of amides is 1. The molecule has 1 aromatic heterocycles. The van der Waals surface area contributed by atoms with E-state index in [1.807, 2.05) is 18.2 Å². The molecule has 2 heterocycles. The van der Waals surface area contributed by atoms with Crippen molar-refractivity contribution in [2.45, 2.75) is 38.5 Å². The summed E-state index contributed by atoms with van der Waals surface area (Å²) in [7, 11) is 0. The standard InChI is InChI=1S/C21H28N4OS.HI/c1-4-22-20(24-14-21(2,3)18-10-7-11-27-18)23-13-15-12-19(26)25-17-9-6-5-8-16(15)17;/h5-11,15H,4,12-14H2,1-3H3,(H,25,26)(H2,22,23,24);1H. The van der Waals surface area contributed by atoms with Gasteiger partial charge in [-0.1, -0.05) is 38.1 Å². The van der Waals surface area contributed by atoms with Gasteiger partial charge >= 0.3 is 0 Å². The van der Waals surface area contributed by atoms with E-state index in [1.54, 1.807) is 11.3 Å². The van der Waals surface area contributed by atoms with Gasteiger partial charge in [-0.05, 0) is 30.0 Å². The van der Waals surface area contributed by atoms with Gasteiger partial charge in [-0.3, -0.25) is 9.79 Å². The second-order valence-electron chi connectivity index (χ2n) is 7.47. The van der Waals surface area contributed by atoms with Crippen LogP contribution in [0.25, 0.3) is 0 Å². The quantitative estimate of drug-likeness (QED) is 0.307. The molecule has 2 aromatic rings. The van der Waals surface area contributed by atoms with E-state index in [0.717, 1.165) is 18.2 Å². The first-order valence-corrected chi connectivity index (χ1v) is 10.3. The van der Waals surface area contributed by atoms with E-state index in [-0.39, 0.29) is 41.2 Å². The van der Waals surface area contributed by atoms with Gasteiger partial charge in [0.05, 0.1) is 6.54 Å². The van der Waals surface area contributed by atoms with Crippen molar-refractivity contribution in [1.29, 1.82) is 0 Å². The van der Waals surface area contributed by atoms with Crippen molar-refractivity contribution < 1.29 is 4.79 Å². The number of rotatable bonds is 6. The zero-order chi connectivity index (χ0) is 19.3. The lowest BCUT2D eigenvalue weighted by molar-refractivity contribution is -0.116. The van der Waals surface area contributed by atoms with Crippen molar-refractivity contribution in [3.05, 3.63) is 52.2 Å². The highest BCUT2D eigenvalue weighted by Gasteiger charge is 2.25. The molecule has 0 aliphatic carbocycles. The van der Waals surface area contributed by atoms with Gasteiger partial charge < -0.3 is 16.0 Å². The monoisotopic (exact) mass is 512 g/mol. The Morgan fingerprint density at radius 2 is 2.04 bits per heavy atom. The molecule has 3 N–H and O–H groups in total. The average molecular weight is 512 g/mol. The molecule has 7 heteroatoms. The number of nitrogens with zero attached hydrogens (tertiary/aromatic N) is 1. The van der Waals surface area contributed by atoms with E-state index in [2.05, 4.69) is 60.3 Å². The number of halogens is 1.